The summed E-state index contributed by atoms with van der Waals surface area (Å²) in [6.07, 6.45) is 2.03. The van der Waals surface area contributed by atoms with Crippen molar-refractivity contribution in [3.8, 4) is 0 Å². The van der Waals surface area contributed by atoms with Crippen LogP contribution in [0, 0.1) is 0 Å². The van der Waals surface area contributed by atoms with E-state index >= 15 is 0 Å². The van der Waals surface area contributed by atoms with Gasteiger partial charge in [0.05, 0.1) is 4.34 Å². The van der Waals surface area contributed by atoms with Gasteiger partial charge in [-0.1, -0.05) is 11.6 Å². The van der Waals surface area contributed by atoms with E-state index in [0.717, 1.165) is 36.8 Å². The van der Waals surface area contributed by atoms with Crippen molar-refractivity contribution < 1.29 is 4.79 Å². The number of carbonyl (C=O) groups excluding carboxylic acids is 1. The number of amides is 2. The molecule has 106 valence electrons. The smallest absolute Gasteiger partial charge is 0.319 e. The molecular weight excluding hydrogens is 282 g/mol. The number of urea groups is 1. The third-order valence-electron chi connectivity index (χ3n) is 3.34. The number of piperidine rings is 1. The van der Waals surface area contributed by atoms with Crippen LogP contribution < -0.4 is 5.32 Å². The molecule has 6 heteroatoms. The van der Waals surface area contributed by atoms with Crippen LogP contribution >= 0.6 is 22.9 Å². The summed E-state index contributed by atoms with van der Waals surface area (Å²) < 4.78 is 0.836. The Labute approximate surface area is 123 Å². The second-order valence-corrected chi connectivity index (χ2v) is 6.82. The van der Waals surface area contributed by atoms with Crippen molar-refractivity contribution in [2.75, 3.05) is 27.2 Å². The average Bonchev–Trinajstić information content (AvgIpc) is 2.82. The van der Waals surface area contributed by atoms with Gasteiger partial charge in [-0.25, -0.2) is 4.79 Å². The van der Waals surface area contributed by atoms with E-state index in [0.29, 0.717) is 6.04 Å². The van der Waals surface area contributed by atoms with E-state index in [-0.39, 0.29) is 6.03 Å². The zero-order valence-corrected chi connectivity index (χ0v) is 12.9. The van der Waals surface area contributed by atoms with Crippen LogP contribution in [0.4, 0.5) is 4.79 Å². The van der Waals surface area contributed by atoms with Crippen LogP contribution in [0.1, 0.15) is 17.7 Å². The first-order valence-electron chi connectivity index (χ1n) is 6.50. The molecule has 0 bridgehead atoms. The summed E-state index contributed by atoms with van der Waals surface area (Å²) in [4.78, 5) is 16.6. The van der Waals surface area contributed by atoms with Gasteiger partial charge >= 0.3 is 6.03 Å². The molecule has 0 saturated carbocycles. The van der Waals surface area contributed by atoms with Crippen LogP contribution in [0.3, 0.4) is 0 Å². The molecule has 1 fully saturated rings. The lowest BCUT2D eigenvalue weighted by Gasteiger charge is -2.34. The Morgan fingerprint density at radius 3 is 2.68 bits per heavy atom. The molecule has 1 saturated heterocycles. The van der Waals surface area contributed by atoms with Crippen LogP contribution in [-0.4, -0.2) is 49.1 Å². The highest BCUT2D eigenvalue weighted by Crippen LogP contribution is 2.21. The molecule has 0 aromatic carbocycles. The van der Waals surface area contributed by atoms with Crippen LogP contribution in [0.25, 0.3) is 0 Å². The Morgan fingerprint density at radius 1 is 1.47 bits per heavy atom. The summed E-state index contributed by atoms with van der Waals surface area (Å²) in [5.74, 6) is 0. The Hall–Kier alpha value is -0.780. The molecule has 0 atom stereocenters. The van der Waals surface area contributed by atoms with E-state index in [9.17, 15) is 4.79 Å². The van der Waals surface area contributed by atoms with Crippen LogP contribution in [0.5, 0.6) is 0 Å². The number of thiophene rings is 1. The largest absolute Gasteiger partial charge is 0.331 e. The van der Waals surface area contributed by atoms with Gasteiger partial charge in [0.25, 0.3) is 0 Å². The SMILES string of the molecule is CN(C)C(=O)N1CCC(NCc2ccc(Cl)s2)CC1. The van der Waals surface area contributed by atoms with Crippen molar-refractivity contribution in [2.45, 2.75) is 25.4 Å². The zero-order chi connectivity index (χ0) is 13.8. The average molecular weight is 302 g/mol. The van der Waals surface area contributed by atoms with E-state index in [4.69, 9.17) is 11.6 Å². The molecule has 1 aliphatic rings. The quantitative estimate of drug-likeness (QED) is 0.931. The first kappa shape index (κ1) is 14.6. The number of likely N-dealkylation sites (tertiary alicyclic amines) is 1. The third-order valence-corrected chi connectivity index (χ3v) is 4.57. The Morgan fingerprint density at radius 2 is 2.16 bits per heavy atom. The van der Waals surface area contributed by atoms with Gasteiger partial charge in [-0.05, 0) is 25.0 Å². The monoisotopic (exact) mass is 301 g/mol. The molecular formula is C13H20ClN3OS. The molecule has 2 rings (SSSR count). The number of rotatable bonds is 3. The van der Waals surface area contributed by atoms with Crippen molar-refractivity contribution in [1.82, 2.24) is 15.1 Å². The van der Waals surface area contributed by atoms with Crippen LogP contribution in [0.2, 0.25) is 4.34 Å². The first-order chi connectivity index (χ1) is 9.06. The van der Waals surface area contributed by atoms with E-state index in [1.807, 2.05) is 11.0 Å². The van der Waals surface area contributed by atoms with Gasteiger partial charge in [-0.3, -0.25) is 0 Å². The molecule has 1 aromatic rings. The molecule has 0 aliphatic carbocycles. The van der Waals surface area contributed by atoms with Crippen molar-refractivity contribution in [3.05, 3.63) is 21.3 Å². The highest BCUT2D eigenvalue weighted by atomic mass is 35.5. The molecule has 19 heavy (non-hydrogen) atoms. The standard InChI is InChI=1S/C13H20ClN3OS/c1-16(2)13(18)17-7-5-10(6-8-17)15-9-11-3-4-12(14)19-11/h3-4,10,15H,5-9H2,1-2H3. The van der Waals surface area contributed by atoms with E-state index in [2.05, 4.69) is 11.4 Å². The molecule has 2 amide bonds. The molecule has 1 aromatic heterocycles. The lowest BCUT2D eigenvalue weighted by Crippen LogP contribution is -2.47. The van der Waals surface area contributed by atoms with Gasteiger partial charge in [0.15, 0.2) is 0 Å². The van der Waals surface area contributed by atoms with Crippen molar-refractivity contribution >= 4 is 29.0 Å². The van der Waals surface area contributed by atoms with Crippen molar-refractivity contribution in [3.63, 3.8) is 0 Å². The summed E-state index contributed by atoms with van der Waals surface area (Å²) in [6, 6.07) is 4.60. The number of carbonyl (C=O) groups is 1. The first-order valence-corrected chi connectivity index (χ1v) is 7.69. The molecule has 1 N–H and O–H groups in total. The molecule has 0 unspecified atom stereocenters. The summed E-state index contributed by atoms with van der Waals surface area (Å²) in [6.45, 7) is 2.53. The van der Waals surface area contributed by atoms with Gasteiger partial charge in [0.2, 0.25) is 0 Å². The number of hydrogen-bond acceptors (Lipinski definition) is 3. The number of halogens is 1. The van der Waals surface area contributed by atoms with Crippen molar-refractivity contribution in [2.24, 2.45) is 0 Å². The maximum absolute atomic E-state index is 11.8. The minimum Gasteiger partial charge on any atom is -0.331 e. The van der Waals surface area contributed by atoms with Crippen LogP contribution in [-0.2, 0) is 6.54 Å². The van der Waals surface area contributed by atoms with Gasteiger partial charge < -0.3 is 15.1 Å². The molecule has 2 heterocycles. The highest BCUT2D eigenvalue weighted by molar-refractivity contribution is 7.16. The highest BCUT2D eigenvalue weighted by Gasteiger charge is 2.23. The maximum atomic E-state index is 11.8. The van der Waals surface area contributed by atoms with E-state index < -0.39 is 0 Å². The lowest BCUT2D eigenvalue weighted by atomic mass is 10.1. The summed E-state index contributed by atoms with van der Waals surface area (Å²) >= 11 is 7.52. The lowest BCUT2D eigenvalue weighted by molar-refractivity contribution is 0.152. The zero-order valence-electron chi connectivity index (χ0n) is 11.4. The van der Waals surface area contributed by atoms with Gasteiger partial charge in [0, 0.05) is 44.6 Å². The Bertz CT molecular complexity index is 427. The summed E-state index contributed by atoms with van der Waals surface area (Å²) in [5.41, 5.74) is 0. The normalized spacial score (nSPS) is 16.7. The Kier molecular flexibility index (Phi) is 5.07. The van der Waals surface area contributed by atoms with Gasteiger partial charge in [0.1, 0.15) is 0 Å². The molecule has 1 aliphatic heterocycles. The summed E-state index contributed by atoms with van der Waals surface area (Å²) in [7, 11) is 3.60. The number of hydrogen-bond donors (Lipinski definition) is 1. The molecule has 0 spiro atoms. The summed E-state index contributed by atoms with van der Waals surface area (Å²) in [5, 5.41) is 3.54. The third kappa shape index (κ3) is 4.09. The van der Waals surface area contributed by atoms with Crippen LogP contribution in [0.15, 0.2) is 12.1 Å². The van der Waals surface area contributed by atoms with Crippen molar-refractivity contribution in [1.29, 1.82) is 0 Å². The van der Waals surface area contributed by atoms with E-state index in [1.54, 1.807) is 30.3 Å². The second kappa shape index (κ2) is 6.59. The fraction of sp³-hybridized carbons (Fsp3) is 0.615. The predicted octanol–water partition coefficient (Wildman–Crippen LogP) is 2.64. The molecule has 4 nitrogen and oxygen atoms in total. The number of nitrogens with one attached hydrogen (secondary N) is 1. The minimum atomic E-state index is 0.114. The predicted molar refractivity (Wildman–Crippen MR) is 79.8 cm³/mol. The second-order valence-electron chi connectivity index (χ2n) is 5.03. The minimum absolute atomic E-state index is 0.114. The van der Waals surface area contributed by atoms with Gasteiger partial charge in [-0.15, -0.1) is 11.3 Å². The van der Waals surface area contributed by atoms with Gasteiger partial charge in [-0.2, -0.15) is 0 Å². The topological polar surface area (TPSA) is 35.6 Å². The fourth-order valence-corrected chi connectivity index (χ4v) is 3.29. The fourth-order valence-electron chi connectivity index (χ4n) is 2.25. The maximum Gasteiger partial charge on any atom is 0.319 e. The van der Waals surface area contributed by atoms with E-state index in [1.165, 1.54) is 4.88 Å². The Balaban J connectivity index is 1.73. The number of nitrogens with zero attached hydrogens (tertiary/aromatic N) is 2. The molecule has 0 radical (unpaired) electrons.